The second-order valence-corrected chi connectivity index (χ2v) is 7.61. The van der Waals surface area contributed by atoms with Crippen molar-refractivity contribution in [3.05, 3.63) is 47.4 Å². The quantitative estimate of drug-likeness (QED) is 0.500. The third-order valence-corrected chi connectivity index (χ3v) is 4.89. The SMILES string of the molecule is CC(C)c1noc(CCCNC(=O)CN2C(=O)NC(C)(c3ccc(F)cc3)C2=O)n1. The van der Waals surface area contributed by atoms with Crippen molar-refractivity contribution in [3.63, 3.8) is 0 Å². The topological polar surface area (TPSA) is 117 Å². The predicted molar refractivity (Wildman–Crippen MR) is 104 cm³/mol. The lowest BCUT2D eigenvalue weighted by atomic mass is 9.92. The van der Waals surface area contributed by atoms with Gasteiger partial charge in [0.15, 0.2) is 5.82 Å². The zero-order valence-electron chi connectivity index (χ0n) is 17.1. The number of aryl methyl sites for hydroxylation is 1. The molecule has 2 heterocycles. The standard InChI is InChI=1S/C20H24FN5O4/c1-12(2)17-23-16(30-25-17)5-4-10-22-15(27)11-26-18(28)20(3,24-19(26)29)13-6-8-14(21)9-7-13/h6-9,12H,4-5,10-11H2,1-3H3,(H,22,27)(H,24,29). The van der Waals surface area contributed by atoms with Crippen molar-refractivity contribution in [1.82, 2.24) is 25.7 Å². The van der Waals surface area contributed by atoms with Gasteiger partial charge in [-0.15, -0.1) is 0 Å². The van der Waals surface area contributed by atoms with Gasteiger partial charge in [0.05, 0.1) is 0 Å². The zero-order valence-corrected chi connectivity index (χ0v) is 17.1. The summed E-state index contributed by atoms with van der Waals surface area (Å²) in [6.07, 6.45) is 1.07. The molecular weight excluding hydrogens is 393 g/mol. The first-order valence-corrected chi connectivity index (χ1v) is 9.70. The van der Waals surface area contributed by atoms with Crippen LogP contribution in [0.1, 0.15) is 50.4 Å². The van der Waals surface area contributed by atoms with Gasteiger partial charge in [0, 0.05) is 18.9 Å². The number of hydrogen-bond acceptors (Lipinski definition) is 6. The molecule has 4 amide bonds. The Hall–Kier alpha value is -3.30. The van der Waals surface area contributed by atoms with E-state index in [1.54, 1.807) is 0 Å². The van der Waals surface area contributed by atoms with Gasteiger partial charge < -0.3 is 15.2 Å². The highest BCUT2D eigenvalue weighted by atomic mass is 19.1. The number of nitrogens with one attached hydrogen (secondary N) is 2. The summed E-state index contributed by atoms with van der Waals surface area (Å²) in [4.78, 5) is 42.3. The Kier molecular flexibility index (Phi) is 6.14. The Labute approximate surface area is 173 Å². The summed E-state index contributed by atoms with van der Waals surface area (Å²) in [5.74, 6) is -0.172. The van der Waals surface area contributed by atoms with Crippen LogP contribution in [0.15, 0.2) is 28.8 Å². The molecule has 10 heteroatoms. The molecule has 30 heavy (non-hydrogen) atoms. The van der Waals surface area contributed by atoms with Crippen LogP contribution >= 0.6 is 0 Å². The maximum atomic E-state index is 13.2. The molecule has 160 valence electrons. The number of carbonyl (C=O) groups excluding carboxylic acids is 3. The summed E-state index contributed by atoms with van der Waals surface area (Å²) in [6.45, 7) is 5.38. The average molecular weight is 417 g/mol. The van der Waals surface area contributed by atoms with Crippen molar-refractivity contribution in [3.8, 4) is 0 Å². The molecule has 0 radical (unpaired) electrons. The minimum absolute atomic E-state index is 0.173. The summed E-state index contributed by atoms with van der Waals surface area (Å²) in [5.41, 5.74) is -0.914. The number of halogens is 1. The number of carbonyl (C=O) groups is 3. The molecule has 9 nitrogen and oxygen atoms in total. The summed E-state index contributed by atoms with van der Waals surface area (Å²) in [7, 11) is 0. The minimum Gasteiger partial charge on any atom is -0.355 e. The molecule has 1 aromatic carbocycles. The number of hydrogen-bond donors (Lipinski definition) is 2. The van der Waals surface area contributed by atoms with E-state index in [-0.39, 0.29) is 5.92 Å². The molecular formula is C20H24FN5O4. The van der Waals surface area contributed by atoms with Crippen LogP contribution in [-0.2, 0) is 21.5 Å². The average Bonchev–Trinajstić information content (AvgIpc) is 3.25. The van der Waals surface area contributed by atoms with E-state index in [0.717, 1.165) is 4.90 Å². The highest BCUT2D eigenvalue weighted by Gasteiger charge is 2.49. The Morgan fingerprint density at radius 1 is 1.30 bits per heavy atom. The van der Waals surface area contributed by atoms with E-state index in [2.05, 4.69) is 20.8 Å². The van der Waals surface area contributed by atoms with Gasteiger partial charge in [0.1, 0.15) is 17.9 Å². The van der Waals surface area contributed by atoms with Crippen LogP contribution in [0.2, 0.25) is 0 Å². The first-order valence-electron chi connectivity index (χ1n) is 9.70. The number of rotatable bonds is 8. The number of imide groups is 1. The predicted octanol–water partition coefficient (Wildman–Crippen LogP) is 1.85. The van der Waals surface area contributed by atoms with Crippen LogP contribution in [0.5, 0.6) is 0 Å². The monoisotopic (exact) mass is 417 g/mol. The molecule has 1 aromatic heterocycles. The second kappa shape index (κ2) is 8.60. The molecule has 1 fully saturated rings. The van der Waals surface area contributed by atoms with Crippen molar-refractivity contribution in [2.75, 3.05) is 13.1 Å². The molecule has 0 saturated carbocycles. The van der Waals surface area contributed by atoms with Gasteiger partial charge in [0.25, 0.3) is 5.91 Å². The Morgan fingerprint density at radius 2 is 2.00 bits per heavy atom. The number of aromatic nitrogens is 2. The molecule has 1 aliphatic heterocycles. The van der Waals surface area contributed by atoms with E-state index in [1.807, 2.05) is 13.8 Å². The first-order chi connectivity index (χ1) is 14.2. The third-order valence-electron chi connectivity index (χ3n) is 4.89. The highest BCUT2D eigenvalue weighted by molar-refractivity contribution is 6.09. The largest absolute Gasteiger partial charge is 0.355 e. The Balaban J connectivity index is 1.50. The van der Waals surface area contributed by atoms with Crippen LogP contribution in [0.25, 0.3) is 0 Å². The molecule has 1 saturated heterocycles. The fourth-order valence-corrected chi connectivity index (χ4v) is 3.09. The summed E-state index contributed by atoms with van der Waals surface area (Å²) in [6, 6.07) is 4.61. The number of urea groups is 1. The van der Waals surface area contributed by atoms with Crippen LogP contribution in [0.4, 0.5) is 9.18 Å². The van der Waals surface area contributed by atoms with E-state index < -0.39 is 35.7 Å². The van der Waals surface area contributed by atoms with Crippen molar-refractivity contribution in [2.24, 2.45) is 0 Å². The lowest BCUT2D eigenvalue weighted by Gasteiger charge is -2.22. The van der Waals surface area contributed by atoms with Crippen molar-refractivity contribution in [1.29, 1.82) is 0 Å². The van der Waals surface area contributed by atoms with E-state index in [1.165, 1.54) is 31.2 Å². The third kappa shape index (κ3) is 4.47. The fourth-order valence-electron chi connectivity index (χ4n) is 3.09. The first kappa shape index (κ1) is 21.4. The number of benzene rings is 1. The highest BCUT2D eigenvalue weighted by Crippen LogP contribution is 2.28. The zero-order chi connectivity index (χ0) is 21.9. The number of amides is 4. The van der Waals surface area contributed by atoms with Crippen molar-refractivity contribution < 1.29 is 23.3 Å². The lowest BCUT2D eigenvalue weighted by molar-refractivity contribution is -0.134. The van der Waals surface area contributed by atoms with Gasteiger partial charge in [-0.25, -0.2) is 9.18 Å². The normalized spacial score (nSPS) is 18.8. The fraction of sp³-hybridized carbons (Fsp3) is 0.450. The minimum atomic E-state index is -1.35. The Bertz CT molecular complexity index is 943. The molecule has 1 atom stereocenters. The van der Waals surface area contributed by atoms with Crippen LogP contribution in [0.3, 0.4) is 0 Å². The maximum Gasteiger partial charge on any atom is 0.325 e. The molecule has 2 N–H and O–H groups in total. The van der Waals surface area contributed by atoms with E-state index in [4.69, 9.17) is 4.52 Å². The van der Waals surface area contributed by atoms with Crippen LogP contribution < -0.4 is 10.6 Å². The summed E-state index contributed by atoms with van der Waals surface area (Å²) < 4.78 is 18.3. The smallest absolute Gasteiger partial charge is 0.325 e. The lowest BCUT2D eigenvalue weighted by Crippen LogP contribution is -2.43. The van der Waals surface area contributed by atoms with Gasteiger partial charge in [0.2, 0.25) is 11.8 Å². The van der Waals surface area contributed by atoms with Crippen molar-refractivity contribution >= 4 is 17.8 Å². The molecule has 1 unspecified atom stereocenters. The molecule has 3 rings (SSSR count). The van der Waals surface area contributed by atoms with Gasteiger partial charge in [-0.1, -0.05) is 31.1 Å². The molecule has 2 aromatic rings. The van der Waals surface area contributed by atoms with E-state index in [0.29, 0.717) is 36.7 Å². The Morgan fingerprint density at radius 3 is 2.63 bits per heavy atom. The molecule has 0 aliphatic carbocycles. The number of nitrogens with zero attached hydrogens (tertiary/aromatic N) is 3. The maximum absolute atomic E-state index is 13.2. The molecule has 1 aliphatic rings. The van der Waals surface area contributed by atoms with E-state index >= 15 is 0 Å². The van der Waals surface area contributed by atoms with Crippen LogP contribution in [-0.4, -0.2) is 46.0 Å². The van der Waals surface area contributed by atoms with Crippen molar-refractivity contribution in [2.45, 2.75) is 45.1 Å². The second-order valence-electron chi connectivity index (χ2n) is 7.61. The van der Waals surface area contributed by atoms with Gasteiger partial charge in [-0.2, -0.15) is 4.98 Å². The van der Waals surface area contributed by atoms with Crippen LogP contribution in [0, 0.1) is 5.82 Å². The summed E-state index contributed by atoms with van der Waals surface area (Å²) >= 11 is 0. The molecule has 0 spiro atoms. The molecule has 0 bridgehead atoms. The van der Waals surface area contributed by atoms with Gasteiger partial charge >= 0.3 is 6.03 Å². The summed E-state index contributed by atoms with van der Waals surface area (Å²) in [5, 5.41) is 9.13. The van der Waals surface area contributed by atoms with Gasteiger partial charge in [-0.05, 0) is 31.0 Å². The van der Waals surface area contributed by atoms with Gasteiger partial charge in [-0.3, -0.25) is 14.5 Å². The van der Waals surface area contributed by atoms with E-state index in [9.17, 15) is 18.8 Å².